The van der Waals surface area contributed by atoms with Crippen LogP contribution in [0.15, 0.2) is 36.7 Å². The standard InChI is InChI=1S/C17H15N5O/c1-9-5-12(6-14-13(9)8-19-22-14)20-17-18-7-11-3-4-15(23)10(2)16(11)21-17/h3-8,23H,1-2H3,(H,19,22)(H,18,20,21). The Morgan fingerprint density at radius 3 is 2.87 bits per heavy atom. The quantitative estimate of drug-likeness (QED) is 0.527. The average Bonchev–Trinajstić information content (AvgIpc) is 3.00. The first-order valence-corrected chi connectivity index (χ1v) is 7.28. The topological polar surface area (TPSA) is 86.7 Å². The zero-order valence-electron chi connectivity index (χ0n) is 12.8. The molecule has 0 fully saturated rings. The van der Waals surface area contributed by atoms with Crippen molar-refractivity contribution in [2.24, 2.45) is 0 Å². The first-order chi connectivity index (χ1) is 11.1. The molecule has 0 unspecified atom stereocenters. The van der Waals surface area contributed by atoms with Crippen molar-refractivity contribution in [2.75, 3.05) is 5.32 Å². The highest BCUT2D eigenvalue weighted by Gasteiger charge is 2.08. The first-order valence-electron chi connectivity index (χ1n) is 7.28. The summed E-state index contributed by atoms with van der Waals surface area (Å²) in [4.78, 5) is 8.86. The van der Waals surface area contributed by atoms with E-state index < -0.39 is 0 Å². The molecule has 0 radical (unpaired) electrons. The van der Waals surface area contributed by atoms with Crippen molar-refractivity contribution < 1.29 is 5.11 Å². The van der Waals surface area contributed by atoms with Crippen molar-refractivity contribution >= 4 is 33.4 Å². The number of hydrogen-bond donors (Lipinski definition) is 3. The number of aromatic nitrogens is 4. The number of anilines is 2. The molecular formula is C17H15N5O. The van der Waals surface area contributed by atoms with Crippen molar-refractivity contribution in [2.45, 2.75) is 13.8 Å². The zero-order chi connectivity index (χ0) is 16.0. The lowest BCUT2D eigenvalue weighted by Gasteiger charge is -2.09. The van der Waals surface area contributed by atoms with E-state index in [9.17, 15) is 5.11 Å². The summed E-state index contributed by atoms with van der Waals surface area (Å²) in [5.41, 5.74) is 4.45. The molecule has 6 heteroatoms. The largest absolute Gasteiger partial charge is 0.508 e. The van der Waals surface area contributed by atoms with Gasteiger partial charge in [0, 0.05) is 28.2 Å². The summed E-state index contributed by atoms with van der Waals surface area (Å²) in [7, 11) is 0. The van der Waals surface area contributed by atoms with Gasteiger partial charge in [-0.05, 0) is 43.7 Å². The summed E-state index contributed by atoms with van der Waals surface area (Å²) >= 11 is 0. The minimum atomic E-state index is 0.233. The fraction of sp³-hybridized carbons (Fsp3) is 0.118. The van der Waals surface area contributed by atoms with Gasteiger partial charge in [0.2, 0.25) is 5.95 Å². The first kappa shape index (κ1) is 13.5. The normalized spacial score (nSPS) is 11.2. The summed E-state index contributed by atoms with van der Waals surface area (Å²) < 4.78 is 0. The second-order valence-electron chi connectivity index (χ2n) is 5.59. The number of aromatic hydroxyl groups is 1. The molecule has 6 nitrogen and oxygen atoms in total. The van der Waals surface area contributed by atoms with Gasteiger partial charge >= 0.3 is 0 Å². The molecule has 4 aromatic rings. The predicted molar refractivity (Wildman–Crippen MR) is 90.1 cm³/mol. The van der Waals surface area contributed by atoms with E-state index in [-0.39, 0.29) is 5.75 Å². The Kier molecular flexibility index (Phi) is 2.90. The molecule has 0 atom stereocenters. The summed E-state index contributed by atoms with van der Waals surface area (Å²) in [6.45, 7) is 3.88. The molecule has 0 aliphatic rings. The summed E-state index contributed by atoms with van der Waals surface area (Å²) in [6, 6.07) is 7.46. The van der Waals surface area contributed by atoms with Crippen LogP contribution in [0.5, 0.6) is 5.75 Å². The van der Waals surface area contributed by atoms with Gasteiger partial charge in [-0.3, -0.25) is 5.10 Å². The number of H-pyrrole nitrogens is 1. The molecule has 0 bridgehead atoms. The number of aryl methyl sites for hydroxylation is 2. The lowest BCUT2D eigenvalue weighted by Crippen LogP contribution is -1.98. The van der Waals surface area contributed by atoms with Gasteiger partial charge in [-0.25, -0.2) is 9.97 Å². The number of rotatable bonds is 2. The number of hydrogen-bond acceptors (Lipinski definition) is 5. The van der Waals surface area contributed by atoms with Crippen LogP contribution < -0.4 is 5.32 Å². The third kappa shape index (κ3) is 2.24. The third-order valence-corrected chi connectivity index (χ3v) is 4.00. The summed E-state index contributed by atoms with van der Waals surface area (Å²) in [6.07, 6.45) is 3.56. The van der Waals surface area contributed by atoms with Crippen LogP contribution in [0.3, 0.4) is 0 Å². The smallest absolute Gasteiger partial charge is 0.227 e. The van der Waals surface area contributed by atoms with Gasteiger partial charge < -0.3 is 10.4 Å². The van der Waals surface area contributed by atoms with Crippen LogP contribution in [0.25, 0.3) is 21.8 Å². The maximum absolute atomic E-state index is 9.84. The number of fused-ring (bicyclic) bond motifs is 2. The van der Waals surface area contributed by atoms with Gasteiger partial charge in [0.15, 0.2) is 0 Å². The third-order valence-electron chi connectivity index (χ3n) is 4.00. The van der Waals surface area contributed by atoms with E-state index in [4.69, 9.17) is 0 Å². The fourth-order valence-electron chi connectivity index (χ4n) is 2.72. The Balaban J connectivity index is 1.77. The minimum absolute atomic E-state index is 0.233. The second-order valence-corrected chi connectivity index (χ2v) is 5.59. The van der Waals surface area contributed by atoms with Crippen molar-refractivity contribution in [1.29, 1.82) is 0 Å². The Morgan fingerprint density at radius 1 is 1.13 bits per heavy atom. The molecule has 2 aromatic heterocycles. The SMILES string of the molecule is Cc1cc(Nc2ncc3ccc(O)c(C)c3n2)cc2[nH]ncc12. The van der Waals surface area contributed by atoms with Crippen LogP contribution in [0.2, 0.25) is 0 Å². The molecular weight excluding hydrogens is 290 g/mol. The highest BCUT2D eigenvalue weighted by molar-refractivity contribution is 5.87. The molecule has 4 rings (SSSR count). The van der Waals surface area contributed by atoms with E-state index in [0.717, 1.165) is 38.6 Å². The van der Waals surface area contributed by atoms with Crippen LogP contribution in [-0.2, 0) is 0 Å². The minimum Gasteiger partial charge on any atom is -0.508 e. The number of phenolic OH excluding ortho intramolecular Hbond substituents is 1. The number of nitrogens with zero attached hydrogens (tertiary/aromatic N) is 3. The van der Waals surface area contributed by atoms with E-state index in [1.807, 2.05) is 38.2 Å². The molecule has 0 aliphatic carbocycles. The number of phenols is 1. The Bertz CT molecular complexity index is 1040. The second kappa shape index (κ2) is 4.95. The highest BCUT2D eigenvalue weighted by Crippen LogP contribution is 2.27. The van der Waals surface area contributed by atoms with E-state index >= 15 is 0 Å². The molecule has 0 saturated heterocycles. The molecule has 2 heterocycles. The average molecular weight is 305 g/mol. The van der Waals surface area contributed by atoms with Crippen LogP contribution in [-0.4, -0.2) is 25.3 Å². The molecule has 3 N–H and O–H groups in total. The molecule has 2 aromatic carbocycles. The molecule has 0 aliphatic heterocycles. The Labute approximate surface area is 132 Å². The highest BCUT2D eigenvalue weighted by atomic mass is 16.3. The van der Waals surface area contributed by atoms with Crippen LogP contribution in [0.1, 0.15) is 11.1 Å². The molecule has 0 spiro atoms. The molecule has 23 heavy (non-hydrogen) atoms. The zero-order valence-corrected chi connectivity index (χ0v) is 12.8. The summed E-state index contributed by atoms with van der Waals surface area (Å²) in [5, 5.41) is 22.1. The molecule has 114 valence electrons. The van der Waals surface area contributed by atoms with Crippen LogP contribution in [0, 0.1) is 13.8 Å². The number of aromatic amines is 1. The van der Waals surface area contributed by atoms with Gasteiger partial charge in [0.1, 0.15) is 5.75 Å². The van der Waals surface area contributed by atoms with E-state index in [1.165, 1.54) is 0 Å². The Morgan fingerprint density at radius 2 is 2.00 bits per heavy atom. The maximum atomic E-state index is 9.84. The predicted octanol–water partition coefficient (Wildman–Crippen LogP) is 3.57. The lowest BCUT2D eigenvalue weighted by molar-refractivity contribution is 0.472. The van der Waals surface area contributed by atoms with Crippen molar-refractivity contribution in [3.05, 3.63) is 47.8 Å². The van der Waals surface area contributed by atoms with Gasteiger partial charge in [0.25, 0.3) is 0 Å². The maximum Gasteiger partial charge on any atom is 0.227 e. The van der Waals surface area contributed by atoms with Crippen LogP contribution in [0.4, 0.5) is 11.6 Å². The van der Waals surface area contributed by atoms with E-state index in [1.54, 1.807) is 12.3 Å². The lowest BCUT2D eigenvalue weighted by atomic mass is 10.1. The van der Waals surface area contributed by atoms with Gasteiger partial charge in [0.05, 0.1) is 17.2 Å². The van der Waals surface area contributed by atoms with E-state index in [0.29, 0.717) is 5.95 Å². The van der Waals surface area contributed by atoms with Crippen LogP contribution >= 0.6 is 0 Å². The fourth-order valence-corrected chi connectivity index (χ4v) is 2.72. The molecule has 0 saturated carbocycles. The Hall–Kier alpha value is -3.15. The van der Waals surface area contributed by atoms with Crippen molar-refractivity contribution in [3.8, 4) is 5.75 Å². The van der Waals surface area contributed by atoms with E-state index in [2.05, 4.69) is 25.5 Å². The number of benzene rings is 2. The van der Waals surface area contributed by atoms with Crippen molar-refractivity contribution in [3.63, 3.8) is 0 Å². The van der Waals surface area contributed by atoms with Crippen molar-refractivity contribution in [1.82, 2.24) is 20.2 Å². The monoisotopic (exact) mass is 305 g/mol. The van der Waals surface area contributed by atoms with Gasteiger partial charge in [-0.15, -0.1) is 0 Å². The number of nitrogens with one attached hydrogen (secondary N) is 2. The van der Waals surface area contributed by atoms with Gasteiger partial charge in [-0.2, -0.15) is 5.10 Å². The van der Waals surface area contributed by atoms with Gasteiger partial charge in [-0.1, -0.05) is 0 Å². The summed E-state index contributed by atoms with van der Waals surface area (Å²) in [5.74, 6) is 0.723. The molecule has 0 amide bonds.